The number of rotatable bonds is 7. The number of aliphatic imine (C=N–C) groups is 1. The molecule has 2 aromatic rings. The molecule has 1 aliphatic rings. The molecule has 10 heteroatoms. The molecular weight excluding hydrogens is 430 g/mol. The van der Waals surface area contributed by atoms with Crippen molar-refractivity contribution in [3.63, 3.8) is 0 Å². The molecule has 3 amide bonds. The number of fused-ring (bicyclic) bond motifs is 1. The van der Waals surface area contributed by atoms with E-state index in [2.05, 4.69) is 20.6 Å². The van der Waals surface area contributed by atoms with Gasteiger partial charge in [-0.05, 0) is 25.3 Å². The molecule has 3 atom stereocenters. The second-order valence-corrected chi connectivity index (χ2v) is 8.91. The van der Waals surface area contributed by atoms with Crippen LogP contribution in [0, 0.1) is 5.92 Å². The van der Waals surface area contributed by atoms with Crippen molar-refractivity contribution in [3.8, 4) is 0 Å². The third kappa shape index (κ3) is 5.20. The van der Waals surface area contributed by atoms with Gasteiger partial charge in [0.1, 0.15) is 22.9 Å². The van der Waals surface area contributed by atoms with Crippen molar-refractivity contribution in [1.82, 2.24) is 15.6 Å². The minimum atomic E-state index is -1.21. The van der Waals surface area contributed by atoms with E-state index in [-0.39, 0.29) is 12.3 Å². The molecule has 2 heterocycles. The monoisotopic (exact) mass is 457 g/mol. The Hall–Kier alpha value is -3.11. The Morgan fingerprint density at radius 2 is 1.94 bits per heavy atom. The second kappa shape index (κ2) is 10.0. The zero-order valence-electron chi connectivity index (χ0n) is 18.4. The Morgan fingerprint density at radius 1 is 1.22 bits per heavy atom. The number of aliphatic hydroxyl groups excluding tert-OH is 1. The topological polar surface area (TPSA) is 124 Å². The summed E-state index contributed by atoms with van der Waals surface area (Å²) in [5.74, 6) is -1.52. The highest BCUT2D eigenvalue weighted by molar-refractivity contribution is 7.12. The number of anilines is 1. The molecule has 3 N–H and O–H groups in total. The highest BCUT2D eigenvalue weighted by Gasteiger charge is 2.33. The van der Waals surface area contributed by atoms with E-state index in [0.717, 1.165) is 5.56 Å². The summed E-state index contributed by atoms with van der Waals surface area (Å²) >= 11 is 1.38. The summed E-state index contributed by atoms with van der Waals surface area (Å²) < 4.78 is 0. The number of likely N-dealkylation sites (N-methyl/N-ethyl adjacent to an activating group) is 1. The fourth-order valence-electron chi connectivity index (χ4n) is 3.32. The largest absolute Gasteiger partial charge is 0.383 e. The van der Waals surface area contributed by atoms with Crippen LogP contribution in [0.25, 0.3) is 0 Å². The lowest BCUT2D eigenvalue weighted by Crippen LogP contribution is -2.53. The van der Waals surface area contributed by atoms with E-state index < -0.39 is 36.0 Å². The van der Waals surface area contributed by atoms with E-state index in [4.69, 9.17) is 0 Å². The summed E-state index contributed by atoms with van der Waals surface area (Å²) in [7, 11) is 1.62. The van der Waals surface area contributed by atoms with Crippen LogP contribution < -0.4 is 15.5 Å². The van der Waals surface area contributed by atoms with Gasteiger partial charge in [-0.2, -0.15) is 0 Å². The van der Waals surface area contributed by atoms with Gasteiger partial charge < -0.3 is 20.6 Å². The molecule has 0 radical (unpaired) electrons. The van der Waals surface area contributed by atoms with Crippen LogP contribution in [0.1, 0.15) is 37.8 Å². The van der Waals surface area contributed by atoms with Crippen LogP contribution in [0.2, 0.25) is 0 Å². The third-order valence-corrected chi connectivity index (χ3v) is 5.79. The van der Waals surface area contributed by atoms with Crippen molar-refractivity contribution in [2.75, 3.05) is 11.9 Å². The summed E-state index contributed by atoms with van der Waals surface area (Å²) in [5, 5.41) is 17.5. The first-order chi connectivity index (χ1) is 15.2. The number of aliphatic hydroxyl groups is 1. The van der Waals surface area contributed by atoms with E-state index in [9.17, 15) is 19.5 Å². The SMILES string of the molecule is CC(C)CC(O)C(=O)N[C@@H](C)C(=O)NC1N=C(c2nccs2)c2ccccc2N(C)C1=O. The van der Waals surface area contributed by atoms with Gasteiger partial charge in [0.15, 0.2) is 0 Å². The van der Waals surface area contributed by atoms with E-state index in [1.54, 1.807) is 19.3 Å². The maximum absolute atomic E-state index is 13.1. The number of benzene rings is 1. The Kier molecular flexibility index (Phi) is 7.37. The van der Waals surface area contributed by atoms with Gasteiger partial charge in [-0.25, -0.2) is 9.98 Å². The standard InChI is InChI=1S/C22H27N5O4S/c1-12(2)11-16(28)20(30)24-13(3)19(29)26-18-22(31)27(4)15-8-6-5-7-14(15)17(25-18)21-23-9-10-32-21/h5-10,12-13,16,18,28H,11H2,1-4H3,(H,24,30)(H,26,29)/t13-,16?,18?/m0/s1. The van der Waals surface area contributed by atoms with Crippen molar-refractivity contribution < 1.29 is 19.5 Å². The van der Waals surface area contributed by atoms with E-state index in [1.165, 1.54) is 23.2 Å². The van der Waals surface area contributed by atoms with Crippen molar-refractivity contribution in [2.45, 2.75) is 45.5 Å². The average molecular weight is 458 g/mol. The molecule has 0 aliphatic carbocycles. The molecule has 0 fully saturated rings. The predicted octanol–water partition coefficient (Wildman–Crippen LogP) is 1.31. The van der Waals surface area contributed by atoms with Crippen LogP contribution >= 0.6 is 11.3 Å². The van der Waals surface area contributed by atoms with E-state index in [1.807, 2.05) is 37.4 Å². The lowest BCUT2D eigenvalue weighted by molar-refractivity contribution is -0.135. The molecule has 1 aromatic carbocycles. The lowest BCUT2D eigenvalue weighted by atomic mass is 10.1. The van der Waals surface area contributed by atoms with Crippen LogP contribution in [0.5, 0.6) is 0 Å². The lowest BCUT2D eigenvalue weighted by Gasteiger charge is -2.22. The Labute approximate surface area is 190 Å². The average Bonchev–Trinajstić information content (AvgIpc) is 3.26. The first-order valence-corrected chi connectivity index (χ1v) is 11.2. The predicted molar refractivity (Wildman–Crippen MR) is 123 cm³/mol. The Bertz CT molecular complexity index is 1020. The number of nitrogens with one attached hydrogen (secondary N) is 2. The number of aromatic nitrogens is 1. The summed E-state index contributed by atoms with van der Waals surface area (Å²) in [6, 6.07) is 6.36. The summed E-state index contributed by atoms with van der Waals surface area (Å²) in [6.07, 6.45) is -0.472. The number of hydrogen-bond donors (Lipinski definition) is 3. The molecule has 9 nitrogen and oxygen atoms in total. The van der Waals surface area contributed by atoms with E-state index in [0.29, 0.717) is 16.4 Å². The molecule has 1 aromatic heterocycles. The van der Waals surface area contributed by atoms with Crippen molar-refractivity contribution in [3.05, 3.63) is 46.4 Å². The van der Waals surface area contributed by atoms with Crippen molar-refractivity contribution >= 4 is 40.5 Å². The van der Waals surface area contributed by atoms with Crippen LogP contribution in [-0.2, 0) is 14.4 Å². The van der Waals surface area contributed by atoms with Crippen molar-refractivity contribution in [1.29, 1.82) is 0 Å². The van der Waals surface area contributed by atoms with Gasteiger partial charge in [0.25, 0.3) is 5.91 Å². The number of hydrogen-bond acceptors (Lipinski definition) is 7. The van der Waals surface area contributed by atoms with Gasteiger partial charge in [-0.3, -0.25) is 14.4 Å². The van der Waals surface area contributed by atoms with E-state index >= 15 is 0 Å². The molecule has 2 unspecified atom stereocenters. The molecule has 32 heavy (non-hydrogen) atoms. The highest BCUT2D eigenvalue weighted by Crippen LogP contribution is 2.27. The fraction of sp³-hybridized carbons (Fsp3) is 0.409. The summed E-state index contributed by atoms with van der Waals surface area (Å²) in [5.41, 5.74) is 1.89. The van der Waals surface area contributed by atoms with Crippen molar-refractivity contribution in [2.24, 2.45) is 10.9 Å². The maximum Gasteiger partial charge on any atom is 0.272 e. The first kappa shape index (κ1) is 23.6. The van der Waals surface area contributed by atoms with Gasteiger partial charge in [0.05, 0.1) is 5.69 Å². The van der Waals surface area contributed by atoms with Crippen LogP contribution in [0.3, 0.4) is 0 Å². The normalized spacial score (nSPS) is 17.8. The summed E-state index contributed by atoms with van der Waals surface area (Å²) in [6.45, 7) is 5.26. The zero-order valence-corrected chi connectivity index (χ0v) is 19.2. The van der Waals surface area contributed by atoms with Gasteiger partial charge in [0, 0.05) is 24.2 Å². The molecule has 3 rings (SSSR count). The number of thiazole rings is 1. The Morgan fingerprint density at radius 3 is 2.59 bits per heavy atom. The first-order valence-electron chi connectivity index (χ1n) is 10.3. The molecule has 1 aliphatic heterocycles. The maximum atomic E-state index is 13.1. The van der Waals surface area contributed by atoms with Gasteiger partial charge in [0.2, 0.25) is 18.0 Å². The van der Waals surface area contributed by atoms with Crippen LogP contribution in [-0.4, -0.2) is 58.9 Å². The van der Waals surface area contributed by atoms with Crippen LogP contribution in [0.15, 0.2) is 40.8 Å². The minimum Gasteiger partial charge on any atom is -0.383 e. The van der Waals surface area contributed by atoms with Gasteiger partial charge >= 0.3 is 0 Å². The quantitative estimate of drug-likeness (QED) is 0.578. The highest BCUT2D eigenvalue weighted by atomic mass is 32.1. The number of nitrogens with zero attached hydrogens (tertiary/aromatic N) is 3. The number of benzodiazepines with no additional fused rings is 1. The molecule has 0 saturated carbocycles. The number of carbonyl (C=O) groups excluding carboxylic acids is 3. The Balaban J connectivity index is 1.82. The summed E-state index contributed by atoms with van der Waals surface area (Å²) in [4.78, 5) is 48.3. The van der Waals surface area contributed by atoms with Gasteiger partial charge in [-0.1, -0.05) is 32.0 Å². The number of para-hydroxylation sites is 1. The molecular formula is C22H27N5O4S. The second-order valence-electron chi connectivity index (χ2n) is 8.02. The number of carbonyl (C=O) groups is 3. The zero-order chi connectivity index (χ0) is 23.4. The third-order valence-electron chi connectivity index (χ3n) is 5.01. The molecule has 170 valence electrons. The number of amides is 3. The van der Waals surface area contributed by atoms with Crippen LogP contribution in [0.4, 0.5) is 5.69 Å². The fourth-order valence-corrected chi connectivity index (χ4v) is 3.96. The molecule has 0 saturated heterocycles. The smallest absolute Gasteiger partial charge is 0.272 e. The molecule has 0 bridgehead atoms. The molecule has 0 spiro atoms. The van der Waals surface area contributed by atoms with Gasteiger partial charge in [-0.15, -0.1) is 11.3 Å². The minimum absolute atomic E-state index is 0.124.